The fraction of sp³-hybridized carbons (Fsp3) is 0.321. The number of piperazine rings is 1. The van der Waals surface area contributed by atoms with E-state index in [1.165, 1.54) is 6.33 Å². The minimum absolute atomic E-state index is 0.109. The van der Waals surface area contributed by atoms with Gasteiger partial charge in [-0.15, -0.1) is 0 Å². The monoisotopic (exact) mass is 507 g/mol. The molecule has 192 valence electrons. The highest BCUT2D eigenvalue weighted by Crippen LogP contribution is 2.32. The van der Waals surface area contributed by atoms with Crippen molar-refractivity contribution in [1.82, 2.24) is 19.8 Å². The van der Waals surface area contributed by atoms with E-state index < -0.39 is 17.6 Å². The average molecular weight is 508 g/mol. The first-order valence-electron chi connectivity index (χ1n) is 12.0. The SMILES string of the molecule is CCc1ccc(C(=O)Nc2cc(CN3CCN(C)CC3)cc(C(F)(F)F)c2)cc1C#Cc1cncnc1. The van der Waals surface area contributed by atoms with Crippen LogP contribution in [0.5, 0.6) is 0 Å². The molecule has 2 heterocycles. The number of aryl methyl sites for hydroxylation is 1. The topological polar surface area (TPSA) is 61.4 Å². The van der Waals surface area contributed by atoms with Crippen LogP contribution in [0.4, 0.5) is 18.9 Å². The maximum Gasteiger partial charge on any atom is 0.416 e. The second-order valence-corrected chi connectivity index (χ2v) is 9.05. The highest BCUT2D eigenvalue weighted by Gasteiger charge is 2.31. The van der Waals surface area contributed by atoms with Gasteiger partial charge in [-0.2, -0.15) is 13.2 Å². The lowest BCUT2D eigenvalue weighted by atomic mass is 10.0. The molecular formula is C28H28F3N5O. The standard InChI is InChI=1S/C28H28F3N5O/c1-3-22-6-7-24(14-23(22)5-4-20-16-32-19-33-17-20)27(37)34-26-13-21(12-25(15-26)28(29,30)31)18-36-10-8-35(2)9-11-36/h6-7,12-17,19H,3,8-11,18H2,1-2H3,(H,34,37). The summed E-state index contributed by atoms with van der Waals surface area (Å²) in [7, 11) is 2.02. The van der Waals surface area contributed by atoms with E-state index in [0.717, 1.165) is 43.9 Å². The molecule has 0 radical (unpaired) electrons. The molecule has 0 unspecified atom stereocenters. The molecule has 37 heavy (non-hydrogen) atoms. The Labute approximate surface area is 214 Å². The molecule has 1 aromatic heterocycles. The van der Waals surface area contributed by atoms with E-state index in [1.807, 2.05) is 20.0 Å². The number of alkyl halides is 3. The Kier molecular flexibility index (Phi) is 8.21. The molecule has 6 nitrogen and oxygen atoms in total. The maximum absolute atomic E-state index is 13.6. The minimum atomic E-state index is -4.52. The van der Waals surface area contributed by atoms with Gasteiger partial charge in [-0.25, -0.2) is 9.97 Å². The van der Waals surface area contributed by atoms with Gasteiger partial charge in [-0.3, -0.25) is 9.69 Å². The van der Waals surface area contributed by atoms with E-state index in [0.29, 0.717) is 35.2 Å². The summed E-state index contributed by atoms with van der Waals surface area (Å²) in [4.78, 5) is 25.2. The van der Waals surface area contributed by atoms with Crippen molar-refractivity contribution in [3.63, 3.8) is 0 Å². The van der Waals surface area contributed by atoms with E-state index in [1.54, 1.807) is 30.6 Å². The van der Waals surface area contributed by atoms with Crippen LogP contribution >= 0.6 is 0 Å². The van der Waals surface area contributed by atoms with Crippen LogP contribution in [-0.2, 0) is 19.1 Å². The van der Waals surface area contributed by atoms with Gasteiger partial charge >= 0.3 is 6.18 Å². The van der Waals surface area contributed by atoms with E-state index in [2.05, 4.69) is 36.9 Å². The van der Waals surface area contributed by atoms with E-state index in [9.17, 15) is 18.0 Å². The Bertz CT molecular complexity index is 1310. The number of hydrogen-bond acceptors (Lipinski definition) is 5. The zero-order chi connectivity index (χ0) is 26.4. The van der Waals surface area contributed by atoms with Crippen molar-refractivity contribution in [2.24, 2.45) is 0 Å². The number of likely N-dealkylation sites (N-methyl/N-ethyl adjacent to an activating group) is 1. The largest absolute Gasteiger partial charge is 0.416 e. The molecule has 1 N–H and O–H groups in total. The third kappa shape index (κ3) is 7.15. The Hall–Kier alpha value is -3.74. The number of halogens is 3. The number of amides is 1. The zero-order valence-electron chi connectivity index (χ0n) is 20.8. The molecule has 0 aliphatic carbocycles. The molecule has 1 saturated heterocycles. The second-order valence-electron chi connectivity index (χ2n) is 9.05. The number of rotatable bonds is 5. The van der Waals surface area contributed by atoms with Crippen LogP contribution < -0.4 is 5.32 Å². The van der Waals surface area contributed by atoms with Crippen molar-refractivity contribution in [1.29, 1.82) is 0 Å². The predicted octanol–water partition coefficient (Wildman–Crippen LogP) is 4.46. The quantitative estimate of drug-likeness (QED) is 0.517. The highest BCUT2D eigenvalue weighted by atomic mass is 19.4. The van der Waals surface area contributed by atoms with Gasteiger partial charge < -0.3 is 10.2 Å². The molecule has 1 aliphatic heterocycles. The number of nitrogens with one attached hydrogen (secondary N) is 1. The maximum atomic E-state index is 13.6. The minimum Gasteiger partial charge on any atom is -0.322 e. The number of anilines is 1. The summed E-state index contributed by atoms with van der Waals surface area (Å²) in [6.07, 6.45) is 0.786. The van der Waals surface area contributed by atoms with Crippen LogP contribution in [0.1, 0.15) is 45.1 Å². The first-order valence-corrected chi connectivity index (χ1v) is 12.0. The van der Waals surface area contributed by atoms with Gasteiger partial charge in [0.15, 0.2) is 0 Å². The normalized spacial score (nSPS) is 14.6. The van der Waals surface area contributed by atoms with Crippen LogP contribution in [0.2, 0.25) is 0 Å². The van der Waals surface area contributed by atoms with Gasteiger partial charge in [0.1, 0.15) is 6.33 Å². The molecule has 0 atom stereocenters. The smallest absolute Gasteiger partial charge is 0.322 e. The Balaban J connectivity index is 1.57. The number of carbonyl (C=O) groups excluding carboxylic acids is 1. The van der Waals surface area contributed by atoms with Gasteiger partial charge in [-0.1, -0.05) is 24.8 Å². The number of benzene rings is 2. The summed E-state index contributed by atoms with van der Waals surface area (Å²) >= 11 is 0. The average Bonchev–Trinajstić information content (AvgIpc) is 2.88. The lowest BCUT2D eigenvalue weighted by molar-refractivity contribution is -0.137. The molecule has 9 heteroatoms. The van der Waals surface area contributed by atoms with Crippen molar-refractivity contribution in [2.75, 3.05) is 38.5 Å². The van der Waals surface area contributed by atoms with Crippen LogP contribution in [0.15, 0.2) is 55.1 Å². The van der Waals surface area contributed by atoms with Crippen molar-refractivity contribution in [3.8, 4) is 11.8 Å². The van der Waals surface area contributed by atoms with Crippen LogP contribution in [-0.4, -0.2) is 58.9 Å². The lowest BCUT2D eigenvalue weighted by Crippen LogP contribution is -2.43. The molecule has 4 rings (SSSR count). The number of nitrogens with zero attached hydrogens (tertiary/aromatic N) is 4. The van der Waals surface area contributed by atoms with E-state index in [4.69, 9.17) is 0 Å². The Morgan fingerprint density at radius 2 is 1.76 bits per heavy atom. The highest BCUT2D eigenvalue weighted by molar-refractivity contribution is 6.04. The van der Waals surface area contributed by atoms with Crippen molar-refractivity contribution in [2.45, 2.75) is 26.1 Å². The van der Waals surface area contributed by atoms with E-state index >= 15 is 0 Å². The van der Waals surface area contributed by atoms with Crippen LogP contribution in [0.25, 0.3) is 0 Å². The summed E-state index contributed by atoms with van der Waals surface area (Å²) in [5.41, 5.74) is 2.39. The van der Waals surface area contributed by atoms with Crippen molar-refractivity contribution >= 4 is 11.6 Å². The van der Waals surface area contributed by atoms with Crippen molar-refractivity contribution in [3.05, 3.63) is 88.5 Å². The predicted molar refractivity (Wildman–Crippen MR) is 136 cm³/mol. The first-order chi connectivity index (χ1) is 17.7. The summed E-state index contributed by atoms with van der Waals surface area (Å²) in [5.74, 6) is 5.54. The van der Waals surface area contributed by atoms with Crippen LogP contribution in [0, 0.1) is 11.8 Å². The fourth-order valence-electron chi connectivity index (χ4n) is 4.13. The molecule has 1 aliphatic rings. The summed E-state index contributed by atoms with van der Waals surface area (Å²) in [5, 5.41) is 2.66. The second kappa shape index (κ2) is 11.5. The third-order valence-electron chi connectivity index (χ3n) is 6.24. The van der Waals surface area contributed by atoms with Gasteiger partial charge in [-0.05, 0) is 54.9 Å². The first kappa shape index (κ1) is 26.3. The molecule has 0 saturated carbocycles. The summed E-state index contributed by atoms with van der Waals surface area (Å²) < 4.78 is 40.9. The molecule has 2 aromatic carbocycles. The van der Waals surface area contributed by atoms with Crippen LogP contribution in [0.3, 0.4) is 0 Å². The lowest BCUT2D eigenvalue weighted by Gasteiger charge is -2.32. The van der Waals surface area contributed by atoms with Gasteiger partial charge in [0, 0.05) is 61.9 Å². The number of carbonyl (C=O) groups is 1. The molecule has 1 amide bonds. The number of aromatic nitrogens is 2. The van der Waals surface area contributed by atoms with Crippen molar-refractivity contribution < 1.29 is 18.0 Å². The summed E-state index contributed by atoms with van der Waals surface area (Å²) in [6.45, 7) is 5.64. The van der Waals surface area contributed by atoms with Gasteiger partial charge in [0.2, 0.25) is 0 Å². The molecule has 0 bridgehead atoms. The number of hydrogen-bond donors (Lipinski definition) is 1. The zero-order valence-corrected chi connectivity index (χ0v) is 20.8. The third-order valence-corrected chi connectivity index (χ3v) is 6.24. The molecule has 1 fully saturated rings. The molecule has 3 aromatic rings. The van der Waals surface area contributed by atoms with E-state index in [-0.39, 0.29) is 5.69 Å². The van der Waals surface area contributed by atoms with Gasteiger partial charge in [0.25, 0.3) is 5.91 Å². The fourth-order valence-corrected chi connectivity index (χ4v) is 4.13. The summed E-state index contributed by atoms with van der Waals surface area (Å²) in [6, 6.07) is 8.87. The molecule has 0 spiro atoms. The van der Waals surface area contributed by atoms with Gasteiger partial charge in [0.05, 0.1) is 11.1 Å². The Morgan fingerprint density at radius 3 is 2.43 bits per heavy atom. The Morgan fingerprint density at radius 1 is 1.03 bits per heavy atom. The molecular weight excluding hydrogens is 479 g/mol.